The van der Waals surface area contributed by atoms with Gasteiger partial charge < -0.3 is 15.3 Å². The Bertz CT molecular complexity index is 453. The summed E-state index contributed by atoms with van der Waals surface area (Å²) >= 11 is 3.33. The summed E-state index contributed by atoms with van der Waals surface area (Å²) in [5.41, 5.74) is 0.561. The van der Waals surface area contributed by atoms with Gasteiger partial charge in [-0.05, 0) is 28.4 Å². The molecule has 1 aliphatic heterocycles. The van der Waals surface area contributed by atoms with Crippen LogP contribution in [0.25, 0.3) is 0 Å². The fraction of sp³-hybridized carbons (Fsp3) is 0.500. The van der Waals surface area contributed by atoms with E-state index >= 15 is 0 Å². The van der Waals surface area contributed by atoms with Gasteiger partial charge >= 0.3 is 0 Å². The second-order valence-electron chi connectivity index (χ2n) is 4.39. The number of hydrogen-bond acceptors (Lipinski definition) is 4. The lowest BCUT2D eigenvalue weighted by atomic mass is 10.1. The molecule has 18 heavy (non-hydrogen) atoms. The third-order valence-electron chi connectivity index (χ3n) is 3.15. The van der Waals surface area contributed by atoms with E-state index in [-0.39, 0.29) is 18.4 Å². The van der Waals surface area contributed by atoms with Crippen molar-refractivity contribution in [3.05, 3.63) is 22.3 Å². The first-order valence-electron chi connectivity index (χ1n) is 5.89. The monoisotopic (exact) mass is 313 g/mol. The number of carbonyl (C=O) groups excluding carboxylic acids is 1. The number of nitrogens with zero attached hydrogens (tertiary/aromatic N) is 2. The van der Waals surface area contributed by atoms with Crippen LogP contribution < -0.4 is 5.32 Å². The normalized spacial score (nSPS) is 19.1. The van der Waals surface area contributed by atoms with Gasteiger partial charge in [0, 0.05) is 43.3 Å². The highest BCUT2D eigenvalue weighted by Gasteiger charge is 2.28. The summed E-state index contributed by atoms with van der Waals surface area (Å²) < 4.78 is 0.780. The number of likely N-dealkylation sites (tertiary alicyclic amines) is 1. The Balaban J connectivity index is 2.21. The van der Waals surface area contributed by atoms with Gasteiger partial charge in [0.15, 0.2) is 0 Å². The molecule has 0 aliphatic carbocycles. The predicted octanol–water partition coefficient (Wildman–Crippen LogP) is 1.34. The maximum atomic E-state index is 12.4. The number of pyridine rings is 1. The van der Waals surface area contributed by atoms with Crippen LogP contribution in [0.3, 0.4) is 0 Å². The van der Waals surface area contributed by atoms with E-state index in [0.29, 0.717) is 24.5 Å². The van der Waals surface area contributed by atoms with Crippen molar-refractivity contribution in [1.29, 1.82) is 0 Å². The molecule has 1 aromatic rings. The number of aliphatic hydroxyl groups is 1. The zero-order valence-corrected chi connectivity index (χ0v) is 11.8. The average Bonchev–Trinajstić information content (AvgIpc) is 2.86. The van der Waals surface area contributed by atoms with Crippen LogP contribution in [-0.2, 0) is 0 Å². The van der Waals surface area contributed by atoms with Crippen molar-refractivity contribution in [1.82, 2.24) is 9.88 Å². The molecule has 0 radical (unpaired) electrons. The summed E-state index contributed by atoms with van der Waals surface area (Å²) in [6.07, 6.45) is 2.52. The minimum Gasteiger partial charge on any atom is -0.396 e. The molecule has 2 heterocycles. The topological polar surface area (TPSA) is 65.5 Å². The van der Waals surface area contributed by atoms with Crippen molar-refractivity contribution in [2.45, 2.75) is 6.42 Å². The van der Waals surface area contributed by atoms with E-state index in [0.717, 1.165) is 10.9 Å². The Labute approximate surface area is 114 Å². The highest BCUT2D eigenvalue weighted by molar-refractivity contribution is 9.10. The van der Waals surface area contributed by atoms with Gasteiger partial charge in [-0.15, -0.1) is 0 Å². The number of halogens is 1. The van der Waals surface area contributed by atoms with Crippen molar-refractivity contribution < 1.29 is 9.90 Å². The van der Waals surface area contributed by atoms with E-state index < -0.39 is 0 Å². The fourth-order valence-electron chi connectivity index (χ4n) is 2.14. The number of carbonyl (C=O) groups is 1. The smallest absolute Gasteiger partial charge is 0.257 e. The summed E-state index contributed by atoms with van der Waals surface area (Å²) in [7, 11) is 1.74. The van der Waals surface area contributed by atoms with E-state index in [9.17, 15) is 4.79 Å². The maximum Gasteiger partial charge on any atom is 0.257 e. The molecule has 98 valence electrons. The van der Waals surface area contributed by atoms with Gasteiger partial charge in [-0.25, -0.2) is 4.98 Å². The minimum atomic E-state index is -0.0379. The predicted molar refractivity (Wildman–Crippen MR) is 72.6 cm³/mol. The standard InChI is InChI=1S/C12H16BrN3O2/c1-14-11-10(4-9(13)5-15-11)12(18)16-3-2-8(6-16)7-17/h4-5,8,17H,2-3,6-7H2,1H3,(H,14,15). The Morgan fingerprint density at radius 2 is 2.50 bits per heavy atom. The molecule has 2 rings (SSSR count). The second kappa shape index (κ2) is 5.67. The highest BCUT2D eigenvalue weighted by Crippen LogP contribution is 2.23. The number of hydrogen-bond donors (Lipinski definition) is 2. The summed E-state index contributed by atoms with van der Waals surface area (Å²) in [5.74, 6) is 0.742. The van der Waals surface area contributed by atoms with E-state index in [1.54, 1.807) is 24.2 Å². The molecule has 1 amide bonds. The molecule has 1 fully saturated rings. The molecule has 1 aliphatic rings. The third kappa shape index (κ3) is 2.64. The molecule has 0 bridgehead atoms. The Morgan fingerprint density at radius 3 is 3.11 bits per heavy atom. The van der Waals surface area contributed by atoms with Crippen molar-refractivity contribution in [2.75, 3.05) is 32.1 Å². The number of nitrogens with one attached hydrogen (secondary N) is 1. The van der Waals surface area contributed by atoms with Crippen LogP contribution >= 0.6 is 15.9 Å². The molecule has 2 N–H and O–H groups in total. The van der Waals surface area contributed by atoms with Gasteiger partial charge in [0.05, 0.1) is 5.56 Å². The molecule has 5 nitrogen and oxygen atoms in total. The summed E-state index contributed by atoms with van der Waals surface area (Å²) in [6.45, 7) is 1.45. The molecular weight excluding hydrogens is 298 g/mol. The van der Waals surface area contributed by atoms with E-state index in [1.165, 1.54) is 0 Å². The Kier molecular flexibility index (Phi) is 4.19. The van der Waals surface area contributed by atoms with Crippen LogP contribution in [0, 0.1) is 5.92 Å². The molecule has 1 atom stereocenters. The summed E-state index contributed by atoms with van der Waals surface area (Å²) in [6, 6.07) is 1.77. The number of aromatic nitrogens is 1. The van der Waals surface area contributed by atoms with Crippen molar-refractivity contribution in [3.63, 3.8) is 0 Å². The number of anilines is 1. The minimum absolute atomic E-state index is 0.0379. The van der Waals surface area contributed by atoms with Gasteiger partial charge in [-0.1, -0.05) is 0 Å². The van der Waals surface area contributed by atoms with Crippen molar-refractivity contribution >= 4 is 27.7 Å². The van der Waals surface area contributed by atoms with E-state index in [2.05, 4.69) is 26.2 Å². The quantitative estimate of drug-likeness (QED) is 0.884. The molecule has 0 spiro atoms. The summed E-state index contributed by atoms with van der Waals surface area (Å²) in [5, 5.41) is 12.0. The van der Waals surface area contributed by atoms with Gasteiger partial charge in [0.1, 0.15) is 5.82 Å². The third-order valence-corrected chi connectivity index (χ3v) is 3.59. The zero-order valence-electron chi connectivity index (χ0n) is 10.2. The fourth-order valence-corrected chi connectivity index (χ4v) is 2.47. The maximum absolute atomic E-state index is 12.4. The lowest BCUT2D eigenvalue weighted by molar-refractivity contribution is 0.0782. The SMILES string of the molecule is CNc1ncc(Br)cc1C(=O)N1CCC(CO)C1. The number of aliphatic hydroxyl groups excluding tert-OH is 1. The molecular formula is C12H16BrN3O2. The largest absolute Gasteiger partial charge is 0.396 e. The second-order valence-corrected chi connectivity index (χ2v) is 5.30. The molecule has 1 saturated heterocycles. The van der Waals surface area contributed by atoms with Gasteiger partial charge in [-0.2, -0.15) is 0 Å². The van der Waals surface area contributed by atoms with Gasteiger partial charge in [-0.3, -0.25) is 4.79 Å². The van der Waals surface area contributed by atoms with Crippen molar-refractivity contribution in [2.24, 2.45) is 5.92 Å². The van der Waals surface area contributed by atoms with E-state index in [1.807, 2.05) is 0 Å². The summed E-state index contributed by atoms with van der Waals surface area (Å²) in [4.78, 5) is 18.3. The molecule has 1 aromatic heterocycles. The lowest BCUT2D eigenvalue weighted by Crippen LogP contribution is -2.30. The average molecular weight is 314 g/mol. The van der Waals surface area contributed by atoms with Gasteiger partial charge in [0.2, 0.25) is 0 Å². The van der Waals surface area contributed by atoms with Crippen LogP contribution in [0.5, 0.6) is 0 Å². The van der Waals surface area contributed by atoms with Crippen LogP contribution in [0.2, 0.25) is 0 Å². The Morgan fingerprint density at radius 1 is 1.72 bits per heavy atom. The van der Waals surface area contributed by atoms with E-state index in [4.69, 9.17) is 5.11 Å². The molecule has 1 unspecified atom stereocenters. The molecule has 0 saturated carbocycles. The highest BCUT2D eigenvalue weighted by atomic mass is 79.9. The first-order valence-corrected chi connectivity index (χ1v) is 6.68. The van der Waals surface area contributed by atoms with Crippen LogP contribution in [0.4, 0.5) is 5.82 Å². The van der Waals surface area contributed by atoms with Crippen LogP contribution in [0.15, 0.2) is 16.7 Å². The first kappa shape index (κ1) is 13.3. The number of rotatable bonds is 3. The van der Waals surface area contributed by atoms with Crippen LogP contribution in [-0.4, -0.2) is 47.6 Å². The first-order chi connectivity index (χ1) is 8.65. The lowest BCUT2D eigenvalue weighted by Gasteiger charge is -2.18. The van der Waals surface area contributed by atoms with Crippen LogP contribution in [0.1, 0.15) is 16.8 Å². The Hall–Kier alpha value is -1.14. The number of amides is 1. The van der Waals surface area contributed by atoms with Crippen molar-refractivity contribution in [3.8, 4) is 0 Å². The zero-order chi connectivity index (χ0) is 13.1. The molecule has 0 aromatic carbocycles. The molecule has 6 heteroatoms. The van der Waals surface area contributed by atoms with Gasteiger partial charge in [0.25, 0.3) is 5.91 Å².